The zero-order valence-corrected chi connectivity index (χ0v) is 21.3. The molecule has 0 fully saturated rings. The van der Waals surface area contributed by atoms with E-state index in [0.717, 1.165) is 27.8 Å². The Balaban J connectivity index is 1.72. The summed E-state index contributed by atoms with van der Waals surface area (Å²) in [6.07, 6.45) is 0. The zero-order valence-electron chi connectivity index (χ0n) is 21.3. The van der Waals surface area contributed by atoms with Gasteiger partial charge in [0.05, 0.1) is 11.4 Å². The Kier molecular flexibility index (Phi) is 6.62. The highest BCUT2D eigenvalue weighted by Gasteiger charge is 2.30. The van der Waals surface area contributed by atoms with Crippen molar-refractivity contribution in [3.8, 4) is 33.4 Å². The molecule has 0 radical (unpaired) electrons. The second-order valence-corrected chi connectivity index (χ2v) is 10.1. The first-order chi connectivity index (χ1) is 17.8. The smallest absolute Gasteiger partial charge is 0.154 e. The third kappa shape index (κ3) is 5.03. The molecule has 0 atom stereocenters. The minimum absolute atomic E-state index is 0.334. The first-order valence-electron chi connectivity index (χ1n) is 12.4. The average Bonchev–Trinajstić information content (AvgIpc) is 2.91. The normalized spacial score (nSPS) is 11.4. The van der Waals surface area contributed by atoms with Crippen molar-refractivity contribution in [1.29, 1.82) is 0 Å². The summed E-state index contributed by atoms with van der Waals surface area (Å²) in [5, 5.41) is 0. The lowest BCUT2D eigenvalue weighted by Crippen LogP contribution is -2.38. The summed E-state index contributed by atoms with van der Waals surface area (Å²) in [6, 6.07) is 38.2. The predicted molar refractivity (Wildman–Crippen MR) is 151 cm³/mol. The van der Waals surface area contributed by atoms with Crippen molar-refractivity contribution in [2.45, 2.75) is 26.3 Å². The van der Waals surface area contributed by atoms with E-state index in [4.69, 9.17) is 0 Å². The highest BCUT2D eigenvalue weighted by atomic mass is 19.1. The zero-order chi connectivity index (χ0) is 26.0. The molecule has 0 saturated heterocycles. The molecule has 0 aliphatic carbocycles. The molecule has 184 valence electrons. The summed E-state index contributed by atoms with van der Waals surface area (Å²) < 4.78 is 31.6. The Morgan fingerprint density at radius 1 is 0.486 bits per heavy atom. The van der Waals surface area contributed by atoms with Crippen LogP contribution in [-0.4, -0.2) is 5.54 Å². The van der Waals surface area contributed by atoms with Gasteiger partial charge >= 0.3 is 0 Å². The quantitative estimate of drug-likeness (QED) is 0.237. The fourth-order valence-electron chi connectivity index (χ4n) is 4.74. The van der Waals surface area contributed by atoms with Gasteiger partial charge in [0, 0.05) is 11.1 Å². The van der Waals surface area contributed by atoms with E-state index in [9.17, 15) is 0 Å². The van der Waals surface area contributed by atoms with Gasteiger partial charge in [0.1, 0.15) is 5.82 Å². The standard InChI is InChI=1S/C34H29F2N/c1-34(2,3)37(31-17-11-10-16-30(31)35)32-23-28(25-14-8-5-9-15-25)22-29(33(32)36)27-20-18-26(19-21-27)24-12-6-4-7-13-24/h4-23H,1-3H3. The van der Waals surface area contributed by atoms with Crippen molar-refractivity contribution in [2.75, 3.05) is 4.90 Å². The molecule has 0 heterocycles. The van der Waals surface area contributed by atoms with Gasteiger partial charge in [-0.3, -0.25) is 0 Å². The van der Waals surface area contributed by atoms with E-state index in [1.165, 1.54) is 6.07 Å². The fourth-order valence-corrected chi connectivity index (χ4v) is 4.74. The molecule has 0 aliphatic heterocycles. The van der Waals surface area contributed by atoms with E-state index < -0.39 is 11.4 Å². The number of hydrogen-bond acceptors (Lipinski definition) is 1. The Labute approximate surface area is 217 Å². The maximum absolute atomic E-state index is 16.5. The molecular weight excluding hydrogens is 460 g/mol. The summed E-state index contributed by atoms with van der Waals surface area (Å²) in [5.41, 5.74) is 5.31. The number of rotatable bonds is 5. The van der Waals surface area contributed by atoms with Crippen molar-refractivity contribution < 1.29 is 8.78 Å². The third-order valence-electron chi connectivity index (χ3n) is 6.47. The van der Waals surface area contributed by atoms with E-state index in [0.29, 0.717) is 16.9 Å². The van der Waals surface area contributed by atoms with E-state index >= 15 is 8.78 Å². The highest BCUT2D eigenvalue weighted by Crippen LogP contribution is 2.42. The molecular formula is C34H29F2N. The molecule has 0 aliphatic rings. The number of hydrogen-bond donors (Lipinski definition) is 0. The summed E-state index contributed by atoms with van der Waals surface area (Å²) in [4.78, 5) is 1.76. The number of halogens is 2. The molecule has 5 rings (SSSR count). The highest BCUT2D eigenvalue weighted by molar-refractivity contribution is 5.82. The topological polar surface area (TPSA) is 3.24 Å². The lowest BCUT2D eigenvalue weighted by molar-refractivity contribution is 0.527. The Bertz CT molecular complexity index is 1500. The van der Waals surface area contributed by atoms with Crippen LogP contribution < -0.4 is 4.90 Å². The van der Waals surface area contributed by atoms with Gasteiger partial charge in [-0.15, -0.1) is 0 Å². The van der Waals surface area contributed by atoms with Crippen LogP contribution in [0.15, 0.2) is 121 Å². The lowest BCUT2D eigenvalue weighted by Gasteiger charge is -2.38. The van der Waals surface area contributed by atoms with Crippen molar-refractivity contribution in [2.24, 2.45) is 0 Å². The summed E-state index contributed by atoms with van der Waals surface area (Å²) in [5.74, 6) is -0.777. The van der Waals surface area contributed by atoms with Gasteiger partial charge < -0.3 is 4.90 Å². The maximum atomic E-state index is 16.5. The molecule has 0 saturated carbocycles. The van der Waals surface area contributed by atoms with Gasteiger partial charge in [0.15, 0.2) is 5.82 Å². The van der Waals surface area contributed by atoms with Crippen LogP contribution in [0.2, 0.25) is 0 Å². The van der Waals surface area contributed by atoms with E-state index in [2.05, 4.69) is 12.1 Å². The van der Waals surface area contributed by atoms with Gasteiger partial charge in [-0.2, -0.15) is 0 Å². The molecule has 37 heavy (non-hydrogen) atoms. The van der Waals surface area contributed by atoms with Crippen LogP contribution >= 0.6 is 0 Å². The van der Waals surface area contributed by atoms with Crippen molar-refractivity contribution in [3.63, 3.8) is 0 Å². The van der Waals surface area contributed by atoms with Gasteiger partial charge in [-0.1, -0.05) is 97.1 Å². The number of nitrogens with zero attached hydrogens (tertiary/aromatic N) is 1. The van der Waals surface area contributed by atoms with Crippen LogP contribution in [0.5, 0.6) is 0 Å². The summed E-state index contributed by atoms with van der Waals surface area (Å²) in [7, 11) is 0. The van der Waals surface area contributed by atoms with Gasteiger partial charge in [-0.25, -0.2) is 8.78 Å². The molecule has 0 aromatic heterocycles. The summed E-state index contributed by atoms with van der Waals surface area (Å²) >= 11 is 0. The molecule has 0 N–H and O–H groups in total. The molecule has 0 unspecified atom stereocenters. The van der Waals surface area contributed by atoms with Crippen LogP contribution in [0, 0.1) is 11.6 Å². The largest absolute Gasteiger partial charge is 0.331 e. The fraction of sp³-hybridized carbons (Fsp3) is 0.118. The molecule has 5 aromatic rings. The molecule has 1 nitrogen and oxygen atoms in total. The Hall–Kier alpha value is -4.24. The van der Waals surface area contributed by atoms with Crippen LogP contribution in [0.25, 0.3) is 33.4 Å². The van der Waals surface area contributed by atoms with Crippen molar-refractivity contribution in [3.05, 3.63) is 133 Å². The van der Waals surface area contributed by atoms with E-state index in [1.807, 2.05) is 106 Å². The molecule has 5 aromatic carbocycles. The van der Waals surface area contributed by atoms with Crippen molar-refractivity contribution in [1.82, 2.24) is 0 Å². The second-order valence-electron chi connectivity index (χ2n) is 10.1. The predicted octanol–water partition coefficient (Wildman–Crippen LogP) is 9.90. The second kappa shape index (κ2) is 10.0. The van der Waals surface area contributed by atoms with Crippen LogP contribution in [-0.2, 0) is 0 Å². The van der Waals surface area contributed by atoms with Gasteiger partial charge in [-0.05, 0) is 72.9 Å². The maximum Gasteiger partial charge on any atom is 0.154 e. The monoisotopic (exact) mass is 489 g/mol. The molecule has 0 amide bonds. The molecule has 0 spiro atoms. The van der Waals surface area contributed by atoms with Crippen LogP contribution in [0.4, 0.5) is 20.2 Å². The van der Waals surface area contributed by atoms with Gasteiger partial charge in [0.2, 0.25) is 0 Å². The van der Waals surface area contributed by atoms with E-state index in [1.54, 1.807) is 23.1 Å². The number of anilines is 2. The minimum atomic E-state index is -0.590. The Morgan fingerprint density at radius 2 is 0.973 bits per heavy atom. The lowest BCUT2D eigenvalue weighted by atomic mass is 9.94. The average molecular weight is 490 g/mol. The third-order valence-corrected chi connectivity index (χ3v) is 6.47. The first-order valence-corrected chi connectivity index (χ1v) is 12.4. The number of para-hydroxylation sites is 1. The first kappa shape index (κ1) is 24.5. The van der Waals surface area contributed by atoms with E-state index in [-0.39, 0.29) is 5.82 Å². The minimum Gasteiger partial charge on any atom is -0.331 e. The number of benzene rings is 5. The van der Waals surface area contributed by atoms with Crippen molar-refractivity contribution >= 4 is 11.4 Å². The molecule has 3 heteroatoms. The SMILES string of the molecule is CC(C)(C)N(c1ccccc1F)c1cc(-c2ccccc2)cc(-c2ccc(-c3ccccc3)cc2)c1F. The molecule has 0 bridgehead atoms. The van der Waals surface area contributed by atoms with Crippen LogP contribution in [0.3, 0.4) is 0 Å². The van der Waals surface area contributed by atoms with Gasteiger partial charge in [0.25, 0.3) is 0 Å². The van der Waals surface area contributed by atoms with Crippen LogP contribution in [0.1, 0.15) is 20.8 Å². The Morgan fingerprint density at radius 3 is 1.54 bits per heavy atom. The summed E-state index contributed by atoms with van der Waals surface area (Å²) in [6.45, 7) is 5.88.